The topological polar surface area (TPSA) is 63.3 Å². The minimum atomic E-state index is -0.279. The van der Waals surface area contributed by atoms with Gasteiger partial charge in [0.15, 0.2) is 0 Å². The molecule has 3 rings (SSSR count). The number of nitrogens with one attached hydrogen (secondary N) is 2. The molecule has 0 fully saturated rings. The highest BCUT2D eigenvalue weighted by Crippen LogP contribution is 2.38. The Morgan fingerprint density at radius 1 is 1.50 bits per heavy atom. The van der Waals surface area contributed by atoms with Crippen molar-refractivity contribution in [1.29, 1.82) is 0 Å². The van der Waals surface area contributed by atoms with Crippen LogP contribution in [0.25, 0.3) is 0 Å². The van der Waals surface area contributed by atoms with Crippen LogP contribution in [0.5, 0.6) is 11.5 Å². The Kier molecular flexibility index (Phi) is 3.98. The van der Waals surface area contributed by atoms with Crippen LogP contribution < -0.4 is 14.8 Å². The van der Waals surface area contributed by atoms with Crippen molar-refractivity contribution in [2.75, 3.05) is 11.9 Å². The first-order chi connectivity index (χ1) is 10.6. The van der Waals surface area contributed by atoms with Gasteiger partial charge in [-0.3, -0.25) is 4.79 Å². The molecule has 0 saturated carbocycles. The van der Waals surface area contributed by atoms with Gasteiger partial charge >= 0.3 is 0 Å². The molecular formula is C16H17ClN2O3. The molecule has 0 radical (unpaired) electrons. The Balaban J connectivity index is 1.89. The molecule has 2 aromatic rings. The number of rotatable bonds is 4. The highest BCUT2D eigenvalue weighted by atomic mass is 35.5. The van der Waals surface area contributed by atoms with Gasteiger partial charge in [0.25, 0.3) is 5.91 Å². The number of fused-ring (bicyclic) bond motifs is 1. The molecule has 116 valence electrons. The van der Waals surface area contributed by atoms with Gasteiger partial charge in [-0.05, 0) is 26.0 Å². The fourth-order valence-corrected chi connectivity index (χ4v) is 2.66. The summed E-state index contributed by atoms with van der Waals surface area (Å²) in [5.74, 6) is 1.15. The van der Waals surface area contributed by atoms with Gasteiger partial charge in [-0.2, -0.15) is 0 Å². The fourth-order valence-electron chi connectivity index (χ4n) is 2.50. The minimum Gasteiger partial charge on any atom is -0.492 e. The molecular weight excluding hydrogens is 304 g/mol. The van der Waals surface area contributed by atoms with Crippen molar-refractivity contribution in [2.45, 2.75) is 26.4 Å². The van der Waals surface area contributed by atoms with E-state index in [1.165, 1.54) is 0 Å². The number of halogens is 1. The average Bonchev–Trinajstić information content (AvgIpc) is 3.04. The van der Waals surface area contributed by atoms with Gasteiger partial charge in [0.05, 0.1) is 17.3 Å². The van der Waals surface area contributed by atoms with Gasteiger partial charge in [-0.25, -0.2) is 0 Å². The smallest absolute Gasteiger partial charge is 0.272 e. The third kappa shape index (κ3) is 2.90. The Hall–Kier alpha value is -2.14. The molecule has 6 heteroatoms. The monoisotopic (exact) mass is 320 g/mol. The lowest BCUT2D eigenvalue weighted by Gasteiger charge is -2.13. The van der Waals surface area contributed by atoms with Crippen LogP contribution in [-0.4, -0.2) is 23.6 Å². The number of carbonyl (C=O) groups is 1. The lowest BCUT2D eigenvalue weighted by Crippen LogP contribution is -2.13. The molecule has 0 spiro atoms. The second kappa shape index (κ2) is 5.93. The van der Waals surface area contributed by atoms with Crippen molar-refractivity contribution in [1.82, 2.24) is 4.98 Å². The maximum absolute atomic E-state index is 12.3. The van der Waals surface area contributed by atoms with E-state index in [-0.39, 0.29) is 12.0 Å². The normalized spacial score (nSPS) is 16.0. The van der Waals surface area contributed by atoms with E-state index in [1.54, 1.807) is 12.3 Å². The second-order valence-corrected chi connectivity index (χ2v) is 5.64. The van der Waals surface area contributed by atoms with Gasteiger partial charge < -0.3 is 19.8 Å². The van der Waals surface area contributed by atoms with Gasteiger partial charge in [-0.15, -0.1) is 0 Å². The van der Waals surface area contributed by atoms with Crippen LogP contribution in [0.15, 0.2) is 24.4 Å². The van der Waals surface area contributed by atoms with E-state index in [9.17, 15) is 4.79 Å². The number of amides is 1. The molecule has 1 atom stereocenters. The van der Waals surface area contributed by atoms with Crippen LogP contribution in [0.2, 0.25) is 5.02 Å². The zero-order valence-electron chi connectivity index (χ0n) is 12.4. The molecule has 1 amide bonds. The molecule has 2 N–H and O–H groups in total. The quantitative estimate of drug-likeness (QED) is 0.904. The standard InChI is InChI=1S/C16H17ClN2O3/c1-3-21-15-5-10-4-9(2)22-14(10)7-12(15)19-16(20)13-6-11(17)8-18-13/h5-9,18H,3-4H2,1-2H3,(H,19,20). The number of aromatic nitrogens is 1. The third-order valence-electron chi connectivity index (χ3n) is 3.44. The van der Waals surface area contributed by atoms with E-state index in [0.717, 1.165) is 17.7 Å². The summed E-state index contributed by atoms with van der Waals surface area (Å²) < 4.78 is 11.4. The van der Waals surface area contributed by atoms with E-state index in [1.807, 2.05) is 26.0 Å². The van der Waals surface area contributed by atoms with Gasteiger partial charge in [0.1, 0.15) is 23.3 Å². The number of carbonyl (C=O) groups excluding carboxylic acids is 1. The Morgan fingerprint density at radius 2 is 2.32 bits per heavy atom. The predicted molar refractivity (Wildman–Crippen MR) is 85.2 cm³/mol. The second-order valence-electron chi connectivity index (χ2n) is 5.21. The SMILES string of the molecule is CCOc1cc2c(cc1NC(=O)c1cc(Cl)c[nH]1)OC(C)C2. The first kappa shape index (κ1) is 14.8. The van der Waals surface area contributed by atoms with E-state index in [4.69, 9.17) is 21.1 Å². The number of ether oxygens (including phenoxy) is 2. The molecule has 1 aromatic heterocycles. The fraction of sp³-hybridized carbons (Fsp3) is 0.312. The molecule has 0 aliphatic carbocycles. The lowest BCUT2D eigenvalue weighted by atomic mass is 10.1. The number of H-pyrrole nitrogens is 1. The van der Waals surface area contributed by atoms with Crippen LogP contribution in [0, 0.1) is 0 Å². The Bertz CT molecular complexity index is 711. The molecule has 1 aliphatic heterocycles. The Labute approximate surface area is 133 Å². The van der Waals surface area contributed by atoms with Crippen molar-refractivity contribution in [3.05, 3.63) is 40.7 Å². The average molecular weight is 321 g/mol. The largest absolute Gasteiger partial charge is 0.492 e. The molecule has 1 unspecified atom stereocenters. The first-order valence-electron chi connectivity index (χ1n) is 7.18. The highest BCUT2D eigenvalue weighted by Gasteiger charge is 2.23. The molecule has 5 nitrogen and oxygen atoms in total. The molecule has 0 bridgehead atoms. The van der Waals surface area contributed by atoms with Crippen LogP contribution in [-0.2, 0) is 6.42 Å². The third-order valence-corrected chi connectivity index (χ3v) is 3.66. The van der Waals surface area contributed by atoms with Crippen LogP contribution in [0.3, 0.4) is 0 Å². The summed E-state index contributed by atoms with van der Waals surface area (Å²) in [5, 5.41) is 3.32. The van der Waals surface area contributed by atoms with Crippen LogP contribution >= 0.6 is 11.6 Å². The van der Waals surface area contributed by atoms with Crippen molar-refractivity contribution in [2.24, 2.45) is 0 Å². The van der Waals surface area contributed by atoms with E-state index < -0.39 is 0 Å². The van der Waals surface area contributed by atoms with Crippen LogP contribution in [0.4, 0.5) is 5.69 Å². The van der Waals surface area contributed by atoms with Crippen molar-refractivity contribution < 1.29 is 14.3 Å². The first-order valence-corrected chi connectivity index (χ1v) is 7.56. The van der Waals surface area contributed by atoms with E-state index in [0.29, 0.717) is 28.8 Å². The predicted octanol–water partition coefficient (Wildman–Crippen LogP) is 3.64. The number of aromatic amines is 1. The van der Waals surface area contributed by atoms with Crippen molar-refractivity contribution in [3.63, 3.8) is 0 Å². The van der Waals surface area contributed by atoms with E-state index >= 15 is 0 Å². The molecule has 2 heterocycles. The molecule has 22 heavy (non-hydrogen) atoms. The molecule has 0 saturated heterocycles. The summed E-state index contributed by atoms with van der Waals surface area (Å²) >= 11 is 5.83. The summed E-state index contributed by atoms with van der Waals surface area (Å²) in [6.45, 7) is 4.44. The number of benzene rings is 1. The van der Waals surface area contributed by atoms with Gasteiger partial charge in [0, 0.05) is 24.2 Å². The summed E-state index contributed by atoms with van der Waals surface area (Å²) in [6, 6.07) is 5.31. The summed E-state index contributed by atoms with van der Waals surface area (Å²) in [6.07, 6.45) is 2.54. The van der Waals surface area contributed by atoms with Gasteiger partial charge in [0.2, 0.25) is 0 Å². The zero-order valence-corrected chi connectivity index (χ0v) is 13.2. The van der Waals surface area contributed by atoms with Crippen molar-refractivity contribution >= 4 is 23.2 Å². The minimum absolute atomic E-state index is 0.137. The van der Waals surface area contributed by atoms with Crippen molar-refractivity contribution in [3.8, 4) is 11.5 Å². The summed E-state index contributed by atoms with van der Waals surface area (Å²) in [7, 11) is 0. The Morgan fingerprint density at radius 3 is 3.00 bits per heavy atom. The number of anilines is 1. The van der Waals surface area contributed by atoms with Crippen LogP contribution in [0.1, 0.15) is 29.9 Å². The molecule has 1 aliphatic rings. The molecule has 1 aromatic carbocycles. The number of hydrogen-bond acceptors (Lipinski definition) is 3. The maximum atomic E-state index is 12.3. The summed E-state index contributed by atoms with van der Waals surface area (Å²) in [5.41, 5.74) is 2.07. The maximum Gasteiger partial charge on any atom is 0.272 e. The summed E-state index contributed by atoms with van der Waals surface area (Å²) in [4.78, 5) is 15.1. The van der Waals surface area contributed by atoms with Gasteiger partial charge in [-0.1, -0.05) is 11.6 Å². The van der Waals surface area contributed by atoms with E-state index in [2.05, 4.69) is 10.3 Å². The lowest BCUT2D eigenvalue weighted by molar-refractivity contribution is 0.102. The highest BCUT2D eigenvalue weighted by molar-refractivity contribution is 6.31. The number of hydrogen-bond donors (Lipinski definition) is 2. The zero-order chi connectivity index (χ0) is 15.7.